The average Bonchev–Trinajstić information content (AvgIpc) is 3.52. The molecule has 0 radical (unpaired) electrons. The van der Waals surface area contributed by atoms with Gasteiger partial charge < -0.3 is 20.7 Å². The van der Waals surface area contributed by atoms with Crippen LogP contribution in [0.25, 0.3) is 16.3 Å². The molecular weight excluding hydrogens is 720 g/mol. The van der Waals surface area contributed by atoms with E-state index in [1.165, 1.54) is 23.1 Å². The molecule has 8 nitrogen and oxygen atoms in total. The number of thioether (sulfide) groups is 1. The first-order chi connectivity index (χ1) is 23.8. The number of hydrogen-bond acceptors (Lipinski definition) is 7. The van der Waals surface area contributed by atoms with Gasteiger partial charge in [0.05, 0.1) is 17.3 Å². The highest BCUT2D eigenvalue weighted by Gasteiger charge is 2.24. The number of ether oxygens (including phenoxy) is 1. The lowest BCUT2D eigenvalue weighted by atomic mass is 10.1. The van der Waals surface area contributed by atoms with Crippen molar-refractivity contribution >= 4 is 83.9 Å². The van der Waals surface area contributed by atoms with Gasteiger partial charge in [-0.05, 0) is 77.9 Å². The van der Waals surface area contributed by atoms with E-state index in [1.54, 1.807) is 55.7 Å². The predicted octanol–water partition coefficient (Wildman–Crippen LogP) is 8.95. The zero-order chi connectivity index (χ0) is 34.2. The fourth-order valence-corrected chi connectivity index (χ4v) is 7.24. The molecule has 1 atom stereocenters. The van der Waals surface area contributed by atoms with Crippen LogP contribution in [-0.4, -0.2) is 29.8 Å². The minimum atomic E-state index is -0.620. The van der Waals surface area contributed by atoms with E-state index in [1.807, 2.05) is 84.9 Å². The van der Waals surface area contributed by atoms with Crippen molar-refractivity contribution in [2.75, 3.05) is 17.7 Å². The van der Waals surface area contributed by atoms with Crippen LogP contribution in [-0.2, 0) is 9.59 Å². The Morgan fingerprint density at radius 2 is 1.59 bits per heavy atom. The Morgan fingerprint density at radius 1 is 0.837 bits per heavy atom. The second-order valence-electron chi connectivity index (χ2n) is 10.7. The lowest BCUT2D eigenvalue weighted by Gasteiger charge is -2.17. The average molecular weight is 750 g/mol. The quantitative estimate of drug-likeness (QED) is 0.0902. The van der Waals surface area contributed by atoms with Crippen molar-refractivity contribution in [3.63, 3.8) is 0 Å². The summed E-state index contributed by atoms with van der Waals surface area (Å²) in [6.45, 7) is 0. The van der Waals surface area contributed by atoms with Gasteiger partial charge in [0.25, 0.3) is 11.8 Å². The molecule has 0 saturated carbocycles. The van der Waals surface area contributed by atoms with Gasteiger partial charge in [-0.15, -0.1) is 11.8 Å². The summed E-state index contributed by atoms with van der Waals surface area (Å²) in [5.74, 6) is -0.436. The summed E-state index contributed by atoms with van der Waals surface area (Å²) in [4.78, 5) is 45.8. The monoisotopic (exact) mass is 748 g/mol. The van der Waals surface area contributed by atoms with Crippen LogP contribution in [0.15, 0.2) is 142 Å². The van der Waals surface area contributed by atoms with Gasteiger partial charge in [-0.25, -0.2) is 4.98 Å². The summed E-state index contributed by atoms with van der Waals surface area (Å²) in [5.41, 5.74) is 3.29. The summed E-state index contributed by atoms with van der Waals surface area (Å²) in [6, 6.07) is 38.4. The number of amides is 3. The highest BCUT2D eigenvalue weighted by Crippen LogP contribution is 2.38. The molecule has 11 heteroatoms. The van der Waals surface area contributed by atoms with Crippen LogP contribution in [0, 0.1) is 0 Å². The lowest BCUT2D eigenvalue weighted by Crippen LogP contribution is -2.30. The van der Waals surface area contributed by atoms with E-state index in [-0.39, 0.29) is 11.6 Å². The number of benzene rings is 5. The van der Waals surface area contributed by atoms with Crippen LogP contribution in [0.4, 0.5) is 10.8 Å². The zero-order valence-corrected chi connectivity index (χ0v) is 29.3. The number of methoxy groups -OCH3 is 1. The van der Waals surface area contributed by atoms with E-state index in [2.05, 4.69) is 36.9 Å². The molecule has 0 bridgehead atoms. The number of thiazole rings is 1. The maximum atomic E-state index is 13.8. The van der Waals surface area contributed by atoms with Crippen LogP contribution in [0.2, 0.25) is 0 Å². The molecule has 244 valence electrons. The molecule has 1 aromatic heterocycles. The molecule has 6 rings (SSSR count). The standard InChI is InChI=1S/C38H29BrN4O4S2/c1-47-29-18-19-31-33(23-29)49-38(42-31)43-37(46)34(25-11-4-2-5-12-25)48-30-17-9-16-28(22-30)40-36(45)32(21-24-10-8-15-27(39)20-24)41-35(44)26-13-6-3-7-14-26/h2-23,34H,1H3,(H,40,45)(H,41,44)(H,42,43,46)/b32-21+. The predicted molar refractivity (Wildman–Crippen MR) is 201 cm³/mol. The van der Waals surface area contributed by atoms with Crippen LogP contribution < -0.4 is 20.7 Å². The van der Waals surface area contributed by atoms with E-state index in [0.29, 0.717) is 22.1 Å². The minimum absolute atomic E-state index is 0.0694. The van der Waals surface area contributed by atoms with Gasteiger partial charge in [0.1, 0.15) is 16.7 Å². The second kappa shape index (κ2) is 15.8. The van der Waals surface area contributed by atoms with Crippen LogP contribution in [0.5, 0.6) is 5.75 Å². The number of halogens is 1. The number of carbonyl (C=O) groups is 3. The van der Waals surface area contributed by atoms with Crippen LogP contribution >= 0.6 is 39.0 Å². The molecule has 0 spiro atoms. The maximum Gasteiger partial charge on any atom is 0.272 e. The molecule has 0 aliphatic heterocycles. The Kier molecular flexibility index (Phi) is 10.8. The van der Waals surface area contributed by atoms with Gasteiger partial charge in [-0.1, -0.05) is 94.0 Å². The highest BCUT2D eigenvalue weighted by molar-refractivity contribution is 9.10. The fraction of sp³-hybridized carbons (Fsp3) is 0.0526. The normalized spacial score (nSPS) is 11.8. The molecule has 0 aliphatic rings. The number of nitrogens with zero attached hydrogens (tertiary/aromatic N) is 1. The summed E-state index contributed by atoms with van der Waals surface area (Å²) >= 11 is 6.18. The van der Waals surface area contributed by atoms with Crippen molar-refractivity contribution in [1.82, 2.24) is 10.3 Å². The summed E-state index contributed by atoms with van der Waals surface area (Å²) in [7, 11) is 1.61. The van der Waals surface area contributed by atoms with Crippen molar-refractivity contribution in [3.05, 3.63) is 154 Å². The van der Waals surface area contributed by atoms with Gasteiger partial charge >= 0.3 is 0 Å². The maximum absolute atomic E-state index is 13.8. The highest BCUT2D eigenvalue weighted by atomic mass is 79.9. The Balaban J connectivity index is 1.22. The topological polar surface area (TPSA) is 109 Å². The first-order valence-electron chi connectivity index (χ1n) is 15.1. The van der Waals surface area contributed by atoms with Gasteiger partial charge in [0, 0.05) is 20.6 Å². The Bertz CT molecular complexity index is 2160. The minimum Gasteiger partial charge on any atom is -0.497 e. The molecule has 0 saturated heterocycles. The molecule has 5 aromatic carbocycles. The third-order valence-corrected chi connectivity index (χ3v) is 9.88. The number of anilines is 2. The molecule has 1 unspecified atom stereocenters. The number of rotatable bonds is 11. The number of aromatic nitrogens is 1. The summed E-state index contributed by atoms with van der Waals surface area (Å²) < 4.78 is 7.06. The van der Waals surface area contributed by atoms with Gasteiger partial charge in [0.15, 0.2) is 5.13 Å². The molecule has 1 heterocycles. The molecule has 0 fully saturated rings. The third kappa shape index (κ3) is 8.82. The number of fused-ring (bicyclic) bond motifs is 1. The largest absolute Gasteiger partial charge is 0.497 e. The van der Waals surface area contributed by atoms with Gasteiger partial charge in [-0.3, -0.25) is 14.4 Å². The molecule has 6 aromatic rings. The summed E-state index contributed by atoms with van der Waals surface area (Å²) in [6.07, 6.45) is 1.62. The first-order valence-corrected chi connectivity index (χ1v) is 17.6. The Labute approximate surface area is 299 Å². The Morgan fingerprint density at radius 3 is 2.35 bits per heavy atom. The number of nitrogens with one attached hydrogen (secondary N) is 3. The van der Waals surface area contributed by atoms with Crippen molar-refractivity contribution in [2.24, 2.45) is 0 Å². The van der Waals surface area contributed by atoms with Gasteiger partial charge in [0.2, 0.25) is 5.91 Å². The molecule has 3 N–H and O–H groups in total. The van der Waals surface area contributed by atoms with Crippen molar-refractivity contribution < 1.29 is 19.1 Å². The lowest BCUT2D eigenvalue weighted by molar-refractivity contribution is -0.116. The van der Waals surface area contributed by atoms with E-state index in [4.69, 9.17) is 4.74 Å². The van der Waals surface area contributed by atoms with Gasteiger partial charge in [-0.2, -0.15) is 0 Å². The number of carbonyl (C=O) groups excluding carboxylic acids is 3. The fourth-order valence-electron chi connectivity index (χ4n) is 4.84. The van der Waals surface area contributed by atoms with E-state index in [9.17, 15) is 14.4 Å². The molecule has 0 aliphatic carbocycles. The molecular formula is C38H29BrN4O4S2. The van der Waals surface area contributed by atoms with Crippen molar-refractivity contribution in [1.29, 1.82) is 0 Å². The van der Waals surface area contributed by atoms with Crippen LogP contribution in [0.3, 0.4) is 0 Å². The SMILES string of the molecule is COc1ccc2nc(NC(=O)C(Sc3cccc(NC(=O)/C(=C\c4cccc(Br)c4)NC(=O)c4ccccc4)c3)c3ccccc3)sc2c1. The zero-order valence-electron chi connectivity index (χ0n) is 26.1. The van der Waals surface area contributed by atoms with Crippen molar-refractivity contribution in [3.8, 4) is 5.75 Å². The Hall–Kier alpha value is -5.23. The molecule has 49 heavy (non-hydrogen) atoms. The smallest absolute Gasteiger partial charge is 0.272 e. The third-order valence-electron chi connectivity index (χ3n) is 7.20. The molecule has 3 amide bonds. The van der Waals surface area contributed by atoms with Crippen LogP contribution in [0.1, 0.15) is 26.7 Å². The van der Waals surface area contributed by atoms with Crippen molar-refractivity contribution in [2.45, 2.75) is 10.1 Å². The second-order valence-corrected chi connectivity index (χ2v) is 13.8. The first kappa shape index (κ1) is 33.7. The van der Waals surface area contributed by atoms with E-state index >= 15 is 0 Å². The van der Waals surface area contributed by atoms with E-state index < -0.39 is 17.1 Å². The summed E-state index contributed by atoms with van der Waals surface area (Å²) in [5, 5.41) is 8.54. The number of hydrogen-bond donors (Lipinski definition) is 3. The van der Waals surface area contributed by atoms with E-state index in [0.717, 1.165) is 30.7 Å².